The molecule has 5 rings (SSSR count). The van der Waals surface area contributed by atoms with Gasteiger partial charge in [-0.1, -0.05) is 36.4 Å². The molecule has 0 saturated carbocycles. The molecule has 2 atom stereocenters. The van der Waals surface area contributed by atoms with Crippen molar-refractivity contribution in [2.75, 3.05) is 10.8 Å². The van der Waals surface area contributed by atoms with E-state index in [1.807, 2.05) is 41.1 Å². The van der Waals surface area contributed by atoms with Crippen LogP contribution in [0.25, 0.3) is 5.57 Å². The van der Waals surface area contributed by atoms with Crippen LogP contribution >= 0.6 is 0 Å². The van der Waals surface area contributed by atoms with Crippen molar-refractivity contribution in [3.8, 4) is 5.75 Å². The molecule has 1 N–H and O–H groups in total. The normalized spacial score (nSPS) is 22.2. The molecule has 2 aromatic rings. The fourth-order valence-electron chi connectivity index (χ4n) is 4.97. The van der Waals surface area contributed by atoms with Crippen LogP contribution in [0.1, 0.15) is 44.7 Å². The zero-order valence-corrected chi connectivity index (χ0v) is 21.5. The van der Waals surface area contributed by atoms with Gasteiger partial charge in [-0.15, -0.1) is 0 Å². The number of hydrogen-bond acceptors (Lipinski definition) is 6. The van der Waals surface area contributed by atoms with Gasteiger partial charge in [0.2, 0.25) is 0 Å². The van der Waals surface area contributed by atoms with Crippen molar-refractivity contribution >= 4 is 33.5 Å². The summed E-state index contributed by atoms with van der Waals surface area (Å²) in [6.45, 7) is 4.84. The Hall–Kier alpha value is -3.60. The first kappa shape index (κ1) is 25.1. The summed E-state index contributed by atoms with van der Waals surface area (Å²) in [5.74, 6) is -1.62. The summed E-state index contributed by atoms with van der Waals surface area (Å²) in [6, 6.07) is 11.5. The van der Waals surface area contributed by atoms with Crippen molar-refractivity contribution in [1.29, 1.82) is 0 Å². The minimum Gasteiger partial charge on any atom is -0.487 e. The van der Waals surface area contributed by atoms with Gasteiger partial charge in [-0.25, -0.2) is 18.2 Å². The number of rotatable bonds is 5. The van der Waals surface area contributed by atoms with Crippen LogP contribution in [0.15, 0.2) is 48.5 Å². The number of benzene rings is 2. The van der Waals surface area contributed by atoms with Gasteiger partial charge in [0, 0.05) is 5.56 Å². The molecule has 3 aliphatic heterocycles. The zero-order chi connectivity index (χ0) is 26.5. The molecule has 2 fully saturated rings. The van der Waals surface area contributed by atoms with E-state index in [1.54, 1.807) is 25.7 Å². The second kappa shape index (κ2) is 9.05. The van der Waals surface area contributed by atoms with Crippen molar-refractivity contribution in [2.45, 2.75) is 57.9 Å². The second-order valence-electron chi connectivity index (χ2n) is 10.3. The Kier molecular flexibility index (Phi) is 6.13. The topological polar surface area (TPSA) is 105 Å². The summed E-state index contributed by atoms with van der Waals surface area (Å²) < 4.78 is 55.6. The number of anilines is 1. The fourth-order valence-corrected chi connectivity index (χ4v) is 6.13. The third-order valence-electron chi connectivity index (χ3n) is 6.46. The lowest BCUT2D eigenvalue weighted by molar-refractivity contribution is -0.117. The van der Waals surface area contributed by atoms with Gasteiger partial charge in [0.15, 0.2) is 5.82 Å². The highest BCUT2D eigenvalue weighted by Gasteiger charge is 2.47. The Morgan fingerprint density at radius 2 is 1.86 bits per heavy atom. The van der Waals surface area contributed by atoms with Gasteiger partial charge in [-0.2, -0.15) is 8.42 Å². The van der Waals surface area contributed by atoms with E-state index < -0.39 is 46.2 Å². The number of carbonyl (C=O) groups is 2. The monoisotopic (exact) mass is 529 g/mol. The minimum absolute atomic E-state index is 0.0158. The Bertz CT molecular complexity index is 1390. The van der Waals surface area contributed by atoms with Crippen LogP contribution in [0.2, 0.25) is 0 Å². The van der Waals surface area contributed by atoms with E-state index >= 15 is 4.39 Å². The van der Waals surface area contributed by atoms with Crippen molar-refractivity contribution < 1.29 is 31.9 Å². The van der Waals surface area contributed by atoms with Gasteiger partial charge in [0.1, 0.15) is 30.2 Å². The lowest BCUT2D eigenvalue weighted by Crippen LogP contribution is -2.40. The van der Waals surface area contributed by atoms with Gasteiger partial charge in [-0.3, -0.25) is 9.69 Å². The van der Waals surface area contributed by atoms with E-state index in [2.05, 4.69) is 0 Å². The van der Waals surface area contributed by atoms with E-state index in [0.717, 1.165) is 12.0 Å². The van der Waals surface area contributed by atoms with Crippen LogP contribution in [-0.4, -0.2) is 49.5 Å². The Balaban J connectivity index is 1.52. The van der Waals surface area contributed by atoms with Gasteiger partial charge >= 0.3 is 16.3 Å². The van der Waals surface area contributed by atoms with Crippen LogP contribution in [0.3, 0.4) is 0 Å². The molecule has 2 bridgehead atoms. The minimum atomic E-state index is -4.30. The standard InChI is InChI=1S/C26H28FN3O6S/c1-26(2,3)36-25(32)30-17-9-11-20(30)19(13-17)18-10-12-21(35-15-16-7-5-4-6-8-16)24(23(18)27)29-14-22(31)28-37(29,33)34/h4-8,10,12-13,17,20H,9,11,14-15H2,1-3H3,(H,28,31). The number of fused-ring (bicyclic) bond motifs is 2. The fraction of sp³-hybridized carbons (Fsp3) is 0.385. The molecule has 37 heavy (non-hydrogen) atoms. The Labute approximate surface area is 215 Å². The number of halogens is 1. The first-order chi connectivity index (χ1) is 17.4. The number of carbonyl (C=O) groups excluding carboxylic acids is 2. The van der Waals surface area contributed by atoms with Crippen molar-refractivity contribution in [2.24, 2.45) is 0 Å². The first-order valence-corrected chi connectivity index (χ1v) is 13.4. The molecule has 0 aromatic heterocycles. The summed E-state index contributed by atoms with van der Waals surface area (Å²) in [4.78, 5) is 26.4. The summed E-state index contributed by atoms with van der Waals surface area (Å²) in [6.07, 6.45) is 2.69. The smallest absolute Gasteiger partial charge is 0.411 e. The van der Waals surface area contributed by atoms with Gasteiger partial charge in [0.25, 0.3) is 5.91 Å². The van der Waals surface area contributed by atoms with Crippen LogP contribution in [-0.2, 0) is 26.3 Å². The molecule has 3 heterocycles. The molecule has 196 valence electrons. The van der Waals surface area contributed by atoms with E-state index in [-0.39, 0.29) is 29.6 Å². The van der Waals surface area contributed by atoms with Crippen LogP contribution in [0.5, 0.6) is 5.75 Å². The molecule has 0 aliphatic carbocycles. The molecular formula is C26H28FN3O6S. The van der Waals surface area contributed by atoms with E-state index in [0.29, 0.717) is 16.3 Å². The lowest BCUT2D eigenvalue weighted by atomic mass is 9.92. The highest BCUT2D eigenvalue weighted by Crippen LogP contribution is 2.46. The molecule has 2 unspecified atom stereocenters. The molecule has 2 amide bonds. The third kappa shape index (κ3) is 4.75. The zero-order valence-electron chi connectivity index (χ0n) is 20.7. The lowest BCUT2D eigenvalue weighted by Gasteiger charge is -2.28. The number of nitrogens with zero attached hydrogens (tertiary/aromatic N) is 2. The molecule has 0 radical (unpaired) electrons. The van der Waals surface area contributed by atoms with E-state index in [1.165, 1.54) is 12.1 Å². The molecule has 11 heteroatoms. The highest BCUT2D eigenvalue weighted by molar-refractivity contribution is 7.92. The summed E-state index contributed by atoms with van der Waals surface area (Å²) in [7, 11) is -4.30. The van der Waals surface area contributed by atoms with E-state index in [9.17, 15) is 18.0 Å². The van der Waals surface area contributed by atoms with Gasteiger partial charge in [0.05, 0.1) is 12.1 Å². The summed E-state index contributed by atoms with van der Waals surface area (Å²) >= 11 is 0. The van der Waals surface area contributed by atoms with Crippen molar-refractivity contribution in [3.05, 3.63) is 65.5 Å². The molecule has 2 saturated heterocycles. The average molecular weight is 530 g/mol. The van der Waals surface area contributed by atoms with Gasteiger partial charge < -0.3 is 9.47 Å². The van der Waals surface area contributed by atoms with Crippen LogP contribution < -0.4 is 13.8 Å². The number of ether oxygens (including phenoxy) is 2. The number of nitrogens with one attached hydrogen (secondary N) is 1. The summed E-state index contributed by atoms with van der Waals surface area (Å²) in [5.41, 5.74) is 0.502. The number of hydrogen-bond donors (Lipinski definition) is 1. The van der Waals surface area contributed by atoms with Crippen molar-refractivity contribution in [3.63, 3.8) is 0 Å². The number of amides is 2. The maximum atomic E-state index is 16.3. The first-order valence-electron chi connectivity index (χ1n) is 12.0. The predicted octanol–water partition coefficient (Wildman–Crippen LogP) is 3.75. The third-order valence-corrected chi connectivity index (χ3v) is 7.84. The average Bonchev–Trinajstić information content (AvgIpc) is 3.47. The Morgan fingerprint density at radius 3 is 2.51 bits per heavy atom. The second-order valence-corrected chi connectivity index (χ2v) is 11.9. The quantitative estimate of drug-likeness (QED) is 0.633. The maximum Gasteiger partial charge on any atom is 0.411 e. The van der Waals surface area contributed by atoms with E-state index in [4.69, 9.17) is 9.47 Å². The van der Waals surface area contributed by atoms with Crippen LogP contribution in [0, 0.1) is 5.82 Å². The summed E-state index contributed by atoms with van der Waals surface area (Å²) in [5, 5.41) is 0. The molecule has 3 aliphatic rings. The maximum absolute atomic E-state index is 16.3. The van der Waals surface area contributed by atoms with Crippen LogP contribution in [0.4, 0.5) is 14.9 Å². The molecule has 2 aromatic carbocycles. The molecule has 0 spiro atoms. The predicted molar refractivity (Wildman–Crippen MR) is 134 cm³/mol. The van der Waals surface area contributed by atoms with Crippen molar-refractivity contribution in [1.82, 2.24) is 9.62 Å². The molecular weight excluding hydrogens is 501 g/mol. The highest BCUT2D eigenvalue weighted by atomic mass is 32.2. The van der Waals surface area contributed by atoms with Gasteiger partial charge in [-0.05, 0) is 56.9 Å². The Morgan fingerprint density at radius 1 is 1.14 bits per heavy atom. The largest absolute Gasteiger partial charge is 0.487 e. The molecule has 9 nitrogen and oxygen atoms in total. The SMILES string of the molecule is CC(C)(C)OC(=O)N1C2C=C(c3ccc(OCc4ccccc4)c(N4CC(=O)NS4(=O)=O)c3F)C1CC2.